The molecule has 0 saturated carbocycles. The molecule has 0 amide bonds. The van der Waals surface area contributed by atoms with Gasteiger partial charge in [-0.05, 0) is 0 Å². The van der Waals surface area contributed by atoms with E-state index in [1.165, 1.54) is 18.7 Å². The quantitative estimate of drug-likeness (QED) is 0.583. The predicted octanol–water partition coefficient (Wildman–Crippen LogP) is 0.323. The second kappa shape index (κ2) is 5.55. The van der Waals surface area contributed by atoms with Gasteiger partial charge in [0.2, 0.25) is 0 Å². The molecule has 2 rings (SSSR count). The summed E-state index contributed by atoms with van der Waals surface area (Å²) < 4.78 is 10.8. The van der Waals surface area contributed by atoms with Gasteiger partial charge in [-0.1, -0.05) is 0 Å². The number of hydrogen-bond donors (Lipinski definition) is 0. The Labute approximate surface area is 112 Å². The van der Waals surface area contributed by atoms with Gasteiger partial charge in [-0.15, -0.1) is 0 Å². The number of rotatable bonds is 2. The second-order valence-corrected chi connectivity index (χ2v) is 6.49. The van der Waals surface area contributed by atoms with Crippen molar-refractivity contribution in [3.63, 3.8) is 0 Å². The van der Waals surface area contributed by atoms with Crippen LogP contribution in [0.2, 0.25) is 4.82 Å². The molecule has 1 heterocycles. The molecule has 1 aliphatic heterocycles. The third-order valence-corrected chi connectivity index (χ3v) is 5.96. The summed E-state index contributed by atoms with van der Waals surface area (Å²) >= 11 is -0.0964. The molecule has 1 aromatic carbocycles. The molecule has 96 valence electrons. The summed E-state index contributed by atoms with van der Waals surface area (Å²) in [5, 5.41) is 0. The predicted molar refractivity (Wildman–Crippen MR) is 66.8 cm³/mol. The molecule has 0 saturated heterocycles. The normalized spacial score (nSPS) is 21.9. The second-order valence-electron chi connectivity index (χ2n) is 4.00. The monoisotopic (exact) mass is 314 g/mol. The minimum atomic E-state index is -0.419. The van der Waals surface area contributed by atoms with Gasteiger partial charge in [0.05, 0.1) is 0 Å². The first-order valence-corrected chi connectivity index (χ1v) is 7.42. The Balaban J connectivity index is 2.33. The van der Waals surface area contributed by atoms with Crippen molar-refractivity contribution >= 4 is 31.4 Å². The van der Waals surface area contributed by atoms with E-state index in [1.54, 1.807) is 0 Å². The third-order valence-electron chi connectivity index (χ3n) is 2.97. The maximum atomic E-state index is 11.8. The summed E-state index contributed by atoms with van der Waals surface area (Å²) in [6.07, 6.45) is 0.546. The molecule has 1 aliphatic rings. The average molecular weight is 313 g/mol. The molecule has 0 bridgehead atoms. The van der Waals surface area contributed by atoms with Crippen LogP contribution in [-0.2, 0) is 25.5 Å². The van der Waals surface area contributed by atoms with Crippen LogP contribution in [0.5, 0.6) is 0 Å². The topological polar surface area (TPSA) is 52.6 Å². The van der Waals surface area contributed by atoms with E-state index >= 15 is 0 Å². The number of carbonyl (C=O) groups excluding carboxylic acids is 2. The molecule has 0 aliphatic carbocycles. The van der Waals surface area contributed by atoms with Crippen LogP contribution in [0.4, 0.5) is 0 Å². The molecule has 0 aromatic heterocycles. The number of fused-ring (bicyclic) bond motifs is 1. The molecule has 0 radical (unpaired) electrons. The molecular formula is C13H14O4Se. The Morgan fingerprint density at radius 1 is 1.17 bits per heavy atom. The van der Waals surface area contributed by atoms with E-state index in [0.29, 0.717) is 6.42 Å². The van der Waals surface area contributed by atoms with Gasteiger partial charge in [-0.3, -0.25) is 0 Å². The first kappa shape index (κ1) is 13.1. The van der Waals surface area contributed by atoms with Gasteiger partial charge in [-0.25, -0.2) is 0 Å². The van der Waals surface area contributed by atoms with Gasteiger partial charge < -0.3 is 0 Å². The van der Waals surface area contributed by atoms with Gasteiger partial charge in [-0.2, -0.15) is 0 Å². The fourth-order valence-corrected chi connectivity index (χ4v) is 4.76. The van der Waals surface area contributed by atoms with Crippen LogP contribution in [0.25, 0.3) is 0 Å². The number of ether oxygens (including phenoxy) is 2. The van der Waals surface area contributed by atoms with Crippen molar-refractivity contribution in [2.75, 3.05) is 14.2 Å². The average Bonchev–Trinajstić information content (AvgIpc) is 2.44. The summed E-state index contributed by atoms with van der Waals surface area (Å²) in [5.41, 5.74) is 1.13. The van der Waals surface area contributed by atoms with E-state index in [0.717, 1.165) is 5.56 Å². The summed E-state index contributed by atoms with van der Waals surface area (Å²) in [7, 11) is 2.71. The van der Waals surface area contributed by atoms with Crippen LogP contribution in [0.3, 0.4) is 0 Å². The molecule has 0 unspecified atom stereocenters. The number of hydrogen-bond acceptors (Lipinski definition) is 4. The van der Waals surface area contributed by atoms with Crippen molar-refractivity contribution in [3.05, 3.63) is 29.8 Å². The Hall–Kier alpha value is -1.32. The van der Waals surface area contributed by atoms with Crippen molar-refractivity contribution in [2.24, 2.45) is 5.92 Å². The minimum absolute atomic E-state index is 0.0964. The molecule has 0 spiro atoms. The number of esters is 2. The summed E-state index contributed by atoms with van der Waals surface area (Å²) in [6.45, 7) is 0. The summed E-state index contributed by atoms with van der Waals surface area (Å²) in [5.74, 6) is -1.07. The molecule has 5 heteroatoms. The van der Waals surface area contributed by atoms with Gasteiger partial charge >= 0.3 is 112 Å². The Morgan fingerprint density at radius 2 is 1.83 bits per heavy atom. The van der Waals surface area contributed by atoms with E-state index in [9.17, 15) is 9.59 Å². The van der Waals surface area contributed by atoms with Gasteiger partial charge in [0.15, 0.2) is 0 Å². The molecule has 1 aromatic rings. The Kier molecular flexibility index (Phi) is 4.04. The van der Waals surface area contributed by atoms with Crippen LogP contribution in [-0.4, -0.2) is 41.1 Å². The van der Waals surface area contributed by atoms with E-state index in [4.69, 9.17) is 9.47 Å². The number of benzene rings is 1. The SMILES string of the molecule is COC(=O)[C@H]1Cc2ccccc2[Se][C@H]1C(=O)OC. The molecular weight excluding hydrogens is 299 g/mol. The number of carbonyl (C=O) groups is 2. The van der Waals surface area contributed by atoms with E-state index in [-0.39, 0.29) is 31.7 Å². The third kappa shape index (κ3) is 2.42. The standard InChI is InChI=1S/C13H14O4Se/c1-16-12(14)9-7-8-5-3-4-6-10(8)18-11(9)13(15)17-2/h3-6,9,11H,7H2,1-2H3/t9-,11+/m0/s1. The zero-order valence-electron chi connectivity index (χ0n) is 10.2. The maximum absolute atomic E-state index is 11.8. The molecule has 18 heavy (non-hydrogen) atoms. The van der Waals surface area contributed by atoms with Crippen LogP contribution in [0.1, 0.15) is 5.56 Å². The fraction of sp³-hybridized carbons (Fsp3) is 0.385. The Morgan fingerprint density at radius 3 is 2.50 bits per heavy atom. The van der Waals surface area contributed by atoms with Gasteiger partial charge in [0.1, 0.15) is 0 Å². The van der Waals surface area contributed by atoms with Crippen LogP contribution in [0.15, 0.2) is 24.3 Å². The molecule has 0 N–H and O–H groups in total. The zero-order valence-corrected chi connectivity index (χ0v) is 11.9. The van der Waals surface area contributed by atoms with Crippen molar-refractivity contribution in [1.82, 2.24) is 0 Å². The number of methoxy groups -OCH3 is 2. The molecule has 4 nitrogen and oxygen atoms in total. The van der Waals surface area contributed by atoms with Crippen LogP contribution in [0, 0.1) is 5.92 Å². The zero-order chi connectivity index (χ0) is 13.1. The fourth-order valence-electron chi connectivity index (χ4n) is 2.04. The van der Waals surface area contributed by atoms with Crippen molar-refractivity contribution in [2.45, 2.75) is 11.2 Å². The first-order valence-electron chi connectivity index (χ1n) is 5.57. The van der Waals surface area contributed by atoms with Gasteiger partial charge in [0.25, 0.3) is 0 Å². The van der Waals surface area contributed by atoms with Crippen molar-refractivity contribution < 1.29 is 19.1 Å². The summed E-state index contributed by atoms with van der Waals surface area (Å²) in [4.78, 5) is 23.2. The van der Waals surface area contributed by atoms with Crippen molar-refractivity contribution in [1.29, 1.82) is 0 Å². The first-order chi connectivity index (χ1) is 8.67. The van der Waals surface area contributed by atoms with Crippen LogP contribution >= 0.6 is 0 Å². The van der Waals surface area contributed by atoms with E-state index in [2.05, 4.69) is 0 Å². The van der Waals surface area contributed by atoms with Crippen LogP contribution < -0.4 is 4.46 Å². The van der Waals surface area contributed by atoms with E-state index < -0.39 is 5.92 Å². The summed E-state index contributed by atoms with van der Waals surface area (Å²) in [6, 6.07) is 7.91. The molecule has 0 fully saturated rings. The van der Waals surface area contributed by atoms with E-state index in [1.807, 2.05) is 24.3 Å². The van der Waals surface area contributed by atoms with Gasteiger partial charge in [0, 0.05) is 0 Å². The van der Waals surface area contributed by atoms with Crippen molar-refractivity contribution in [3.8, 4) is 0 Å². The molecule has 2 atom stereocenters. The Bertz CT molecular complexity index is 429.